The summed E-state index contributed by atoms with van der Waals surface area (Å²) in [5.41, 5.74) is 6.88. The summed E-state index contributed by atoms with van der Waals surface area (Å²) in [7, 11) is 0. The predicted molar refractivity (Wildman–Crippen MR) is 72.7 cm³/mol. The highest BCUT2D eigenvalue weighted by Gasteiger charge is 2.07. The van der Waals surface area contributed by atoms with E-state index in [1.807, 2.05) is 6.07 Å². The van der Waals surface area contributed by atoms with Crippen LogP contribution in [-0.2, 0) is 17.9 Å². The van der Waals surface area contributed by atoms with Crippen molar-refractivity contribution < 1.29 is 4.79 Å². The quantitative estimate of drug-likeness (QED) is 0.869. The van der Waals surface area contributed by atoms with Crippen molar-refractivity contribution in [2.24, 2.45) is 5.73 Å². The number of benzene rings is 1. The second kappa shape index (κ2) is 6.14. The molecule has 2 rings (SSSR count). The van der Waals surface area contributed by atoms with Crippen LogP contribution in [0.5, 0.6) is 0 Å². The van der Waals surface area contributed by atoms with Gasteiger partial charge in [0, 0.05) is 12.2 Å². The first kappa shape index (κ1) is 14.0. The van der Waals surface area contributed by atoms with Gasteiger partial charge in [-0.15, -0.1) is 5.10 Å². The Morgan fingerprint density at radius 2 is 2.35 bits per heavy atom. The fourth-order valence-electron chi connectivity index (χ4n) is 1.54. The number of nitrogens with two attached hydrogens (primary N) is 1. The molecule has 0 saturated carbocycles. The van der Waals surface area contributed by atoms with E-state index in [2.05, 4.69) is 15.6 Å². The van der Waals surface area contributed by atoms with E-state index in [0.717, 1.165) is 0 Å². The molecule has 1 aromatic heterocycles. The highest BCUT2D eigenvalue weighted by Crippen LogP contribution is 2.20. The van der Waals surface area contributed by atoms with Crippen LogP contribution in [0.15, 0.2) is 24.4 Å². The van der Waals surface area contributed by atoms with Crippen molar-refractivity contribution in [2.75, 3.05) is 5.32 Å². The fraction of sp³-hybridized carbons (Fsp3) is 0.167. The summed E-state index contributed by atoms with van der Waals surface area (Å²) in [5, 5.41) is 19.3. The largest absolute Gasteiger partial charge is 0.325 e. The van der Waals surface area contributed by atoms with Gasteiger partial charge in [0.1, 0.15) is 12.6 Å². The van der Waals surface area contributed by atoms with Crippen molar-refractivity contribution in [1.82, 2.24) is 15.0 Å². The minimum atomic E-state index is -0.278. The maximum atomic E-state index is 11.8. The van der Waals surface area contributed by atoms with Crippen LogP contribution in [0.25, 0.3) is 0 Å². The lowest BCUT2D eigenvalue weighted by Gasteiger charge is -2.05. The van der Waals surface area contributed by atoms with E-state index in [-0.39, 0.29) is 24.0 Å². The number of anilines is 1. The highest BCUT2D eigenvalue weighted by molar-refractivity contribution is 6.32. The third-order valence-electron chi connectivity index (χ3n) is 2.47. The van der Waals surface area contributed by atoms with Crippen molar-refractivity contribution in [2.45, 2.75) is 13.1 Å². The Morgan fingerprint density at radius 3 is 2.95 bits per heavy atom. The van der Waals surface area contributed by atoms with Gasteiger partial charge in [0.25, 0.3) is 0 Å². The summed E-state index contributed by atoms with van der Waals surface area (Å²) in [4.78, 5) is 11.8. The van der Waals surface area contributed by atoms with Crippen LogP contribution in [0.1, 0.15) is 11.3 Å². The molecule has 102 valence electrons. The van der Waals surface area contributed by atoms with E-state index < -0.39 is 0 Å². The molecule has 0 aliphatic heterocycles. The van der Waals surface area contributed by atoms with Crippen LogP contribution in [0.4, 0.5) is 5.69 Å². The second-order valence-corrected chi connectivity index (χ2v) is 4.37. The number of hydrogen-bond donors (Lipinski definition) is 2. The molecule has 2 aromatic rings. The Labute approximate surface area is 119 Å². The van der Waals surface area contributed by atoms with E-state index in [1.54, 1.807) is 18.3 Å². The predicted octanol–water partition coefficient (Wildman–Crippen LogP) is 0.901. The van der Waals surface area contributed by atoms with Gasteiger partial charge in [-0.3, -0.25) is 4.79 Å². The fourth-order valence-corrected chi connectivity index (χ4v) is 1.76. The van der Waals surface area contributed by atoms with Crippen LogP contribution in [0.2, 0.25) is 5.02 Å². The SMILES string of the molecule is N#Cc1ccc(NC(=O)Cn2cc(CN)nn2)cc1Cl. The number of carbonyl (C=O) groups is 1. The molecule has 7 nitrogen and oxygen atoms in total. The van der Waals surface area contributed by atoms with E-state index >= 15 is 0 Å². The number of hydrogen-bond acceptors (Lipinski definition) is 5. The molecule has 0 spiro atoms. The topological polar surface area (TPSA) is 110 Å². The van der Waals surface area contributed by atoms with E-state index in [0.29, 0.717) is 16.9 Å². The molecule has 20 heavy (non-hydrogen) atoms. The first-order chi connectivity index (χ1) is 9.62. The van der Waals surface area contributed by atoms with Gasteiger partial charge in [0.2, 0.25) is 5.91 Å². The van der Waals surface area contributed by atoms with Crippen molar-refractivity contribution in [3.8, 4) is 6.07 Å². The minimum Gasteiger partial charge on any atom is -0.325 e. The summed E-state index contributed by atoms with van der Waals surface area (Å²) in [6.45, 7) is 0.289. The zero-order chi connectivity index (χ0) is 14.5. The Balaban J connectivity index is 2.01. The first-order valence-corrected chi connectivity index (χ1v) is 6.08. The molecule has 0 fully saturated rings. The van der Waals surface area contributed by atoms with Crippen molar-refractivity contribution >= 4 is 23.2 Å². The molecular formula is C12H11ClN6O. The number of nitriles is 1. The van der Waals surface area contributed by atoms with E-state index in [9.17, 15) is 4.79 Å². The second-order valence-electron chi connectivity index (χ2n) is 3.97. The van der Waals surface area contributed by atoms with Crippen molar-refractivity contribution in [3.05, 3.63) is 40.7 Å². The number of halogens is 1. The lowest BCUT2D eigenvalue weighted by molar-refractivity contribution is -0.116. The Bertz CT molecular complexity index is 675. The minimum absolute atomic E-state index is 0.0185. The molecule has 3 N–H and O–H groups in total. The third-order valence-corrected chi connectivity index (χ3v) is 2.79. The van der Waals surface area contributed by atoms with Gasteiger partial charge >= 0.3 is 0 Å². The summed E-state index contributed by atoms with van der Waals surface area (Å²) in [6.07, 6.45) is 1.60. The molecule has 0 radical (unpaired) electrons. The molecule has 0 aliphatic carbocycles. The average Bonchev–Trinajstić information content (AvgIpc) is 2.86. The lowest BCUT2D eigenvalue weighted by Crippen LogP contribution is -2.19. The smallest absolute Gasteiger partial charge is 0.246 e. The van der Waals surface area contributed by atoms with Crippen LogP contribution < -0.4 is 11.1 Å². The molecule has 8 heteroatoms. The Kier molecular flexibility index (Phi) is 4.30. The zero-order valence-electron chi connectivity index (χ0n) is 10.4. The molecule has 1 amide bonds. The van der Waals surface area contributed by atoms with Gasteiger partial charge < -0.3 is 11.1 Å². The van der Waals surface area contributed by atoms with Gasteiger partial charge in [-0.25, -0.2) is 4.68 Å². The molecule has 0 aliphatic rings. The van der Waals surface area contributed by atoms with Gasteiger partial charge in [-0.1, -0.05) is 16.8 Å². The number of carbonyl (C=O) groups excluding carboxylic acids is 1. The van der Waals surface area contributed by atoms with Crippen LogP contribution in [0.3, 0.4) is 0 Å². The van der Waals surface area contributed by atoms with E-state index in [1.165, 1.54) is 10.7 Å². The molecule has 1 heterocycles. The van der Waals surface area contributed by atoms with Crippen molar-refractivity contribution in [1.29, 1.82) is 5.26 Å². The standard InChI is InChI=1S/C12H11ClN6O/c13-11-3-9(2-1-8(11)4-14)16-12(20)7-19-6-10(5-15)17-18-19/h1-3,6H,5,7,15H2,(H,16,20). The highest BCUT2D eigenvalue weighted by atomic mass is 35.5. The van der Waals surface area contributed by atoms with Crippen LogP contribution in [-0.4, -0.2) is 20.9 Å². The monoisotopic (exact) mass is 290 g/mol. The molecular weight excluding hydrogens is 280 g/mol. The Hall–Kier alpha value is -2.43. The summed E-state index contributed by atoms with van der Waals surface area (Å²) < 4.78 is 1.39. The molecule has 0 unspecified atom stereocenters. The van der Waals surface area contributed by atoms with Crippen molar-refractivity contribution in [3.63, 3.8) is 0 Å². The molecule has 0 atom stereocenters. The maximum absolute atomic E-state index is 11.8. The summed E-state index contributed by atoms with van der Waals surface area (Å²) in [6, 6.07) is 6.61. The lowest BCUT2D eigenvalue weighted by atomic mass is 10.2. The summed E-state index contributed by atoms with van der Waals surface area (Å²) >= 11 is 5.88. The summed E-state index contributed by atoms with van der Waals surface area (Å²) in [5.74, 6) is -0.278. The van der Waals surface area contributed by atoms with E-state index in [4.69, 9.17) is 22.6 Å². The third kappa shape index (κ3) is 3.32. The molecule has 0 bridgehead atoms. The van der Waals surface area contributed by atoms with Gasteiger partial charge in [0.15, 0.2) is 0 Å². The number of rotatable bonds is 4. The number of nitrogens with zero attached hydrogens (tertiary/aromatic N) is 4. The Morgan fingerprint density at radius 1 is 1.55 bits per heavy atom. The number of amides is 1. The number of nitrogens with one attached hydrogen (secondary N) is 1. The van der Waals surface area contributed by atoms with Gasteiger partial charge in [-0.05, 0) is 18.2 Å². The maximum Gasteiger partial charge on any atom is 0.246 e. The van der Waals surface area contributed by atoms with Crippen LogP contribution in [0, 0.1) is 11.3 Å². The molecule has 1 aromatic carbocycles. The first-order valence-electron chi connectivity index (χ1n) is 5.71. The van der Waals surface area contributed by atoms with Crippen LogP contribution >= 0.6 is 11.6 Å². The van der Waals surface area contributed by atoms with Gasteiger partial charge in [-0.2, -0.15) is 5.26 Å². The number of aromatic nitrogens is 3. The normalized spacial score (nSPS) is 10.1. The average molecular weight is 291 g/mol. The molecule has 0 saturated heterocycles. The zero-order valence-corrected chi connectivity index (χ0v) is 11.1. The van der Waals surface area contributed by atoms with Gasteiger partial charge in [0.05, 0.1) is 22.5 Å².